The molecule has 0 aliphatic carbocycles. The molecule has 0 saturated carbocycles. The van der Waals surface area contributed by atoms with Crippen LogP contribution in [0.25, 0.3) is 0 Å². The largest absolute Gasteiger partial charge is 0.469 e. The number of aryl methyl sites for hydroxylation is 1. The first-order chi connectivity index (χ1) is 7.65. The summed E-state index contributed by atoms with van der Waals surface area (Å²) in [7, 11) is 0. The fourth-order valence-corrected chi connectivity index (χ4v) is 1.30. The molecule has 0 aliphatic rings. The fraction of sp³-hybridized carbons (Fsp3) is 0.100. The highest BCUT2D eigenvalue weighted by atomic mass is 35.5. The number of furan rings is 1. The third-order valence-corrected chi connectivity index (χ3v) is 2.07. The Bertz CT molecular complexity index is 524. The summed E-state index contributed by atoms with van der Waals surface area (Å²) in [6.45, 7) is 1.76. The molecule has 0 aliphatic heterocycles. The monoisotopic (exact) mass is 237 g/mol. The molecule has 0 aromatic carbocycles. The van der Waals surface area contributed by atoms with E-state index in [9.17, 15) is 4.79 Å². The zero-order chi connectivity index (χ0) is 11.5. The molecule has 0 radical (unpaired) electrons. The molecular weight excluding hydrogens is 230 g/mol. The number of carbonyl (C=O) groups excluding carboxylic acids is 1. The lowest BCUT2D eigenvalue weighted by Crippen LogP contribution is -2.12. The third-order valence-electron chi connectivity index (χ3n) is 1.87. The molecule has 0 bridgehead atoms. The van der Waals surface area contributed by atoms with Crippen molar-refractivity contribution < 1.29 is 9.21 Å². The molecule has 2 rings (SSSR count). The number of hydrogen-bond acceptors (Lipinski definition) is 4. The number of nitrogens with one attached hydrogen (secondary N) is 1. The van der Waals surface area contributed by atoms with E-state index < -0.39 is 0 Å². The van der Waals surface area contributed by atoms with Crippen LogP contribution in [0.5, 0.6) is 0 Å². The second-order valence-corrected chi connectivity index (χ2v) is 3.51. The zero-order valence-electron chi connectivity index (χ0n) is 8.40. The molecule has 2 aromatic rings. The normalized spacial score (nSPS) is 10.1. The van der Waals surface area contributed by atoms with E-state index in [0.717, 1.165) is 0 Å². The number of carbonyl (C=O) groups is 1. The summed E-state index contributed by atoms with van der Waals surface area (Å²) in [6.07, 6.45) is 2.66. The van der Waals surface area contributed by atoms with Gasteiger partial charge in [0.25, 0.3) is 5.91 Å². The van der Waals surface area contributed by atoms with E-state index in [1.54, 1.807) is 13.0 Å². The van der Waals surface area contributed by atoms with Crippen LogP contribution in [-0.2, 0) is 0 Å². The van der Waals surface area contributed by atoms with E-state index in [4.69, 9.17) is 16.0 Å². The van der Waals surface area contributed by atoms with E-state index in [1.165, 1.54) is 18.7 Å². The first-order valence-electron chi connectivity index (χ1n) is 4.49. The quantitative estimate of drug-likeness (QED) is 0.814. The van der Waals surface area contributed by atoms with Crippen LogP contribution in [-0.4, -0.2) is 15.9 Å². The van der Waals surface area contributed by atoms with Crippen LogP contribution in [0.1, 0.15) is 16.1 Å². The molecule has 1 N–H and O–H groups in total. The van der Waals surface area contributed by atoms with Crippen LogP contribution in [0.3, 0.4) is 0 Å². The van der Waals surface area contributed by atoms with E-state index in [0.29, 0.717) is 17.1 Å². The van der Waals surface area contributed by atoms with Crippen molar-refractivity contribution in [3.05, 3.63) is 41.2 Å². The fourth-order valence-electron chi connectivity index (χ4n) is 1.15. The summed E-state index contributed by atoms with van der Waals surface area (Å²) in [4.78, 5) is 19.2. The molecule has 0 atom stereocenters. The highest BCUT2D eigenvalue weighted by molar-refractivity contribution is 6.29. The molecule has 82 valence electrons. The number of hydrogen-bond donors (Lipinski definition) is 1. The van der Waals surface area contributed by atoms with E-state index in [-0.39, 0.29) is 11.1 Å². The lowest BCUT2D eigenvalue weighted by Gasteiger charge is -2.01. The Morgan fingerprint density at radius 1 is 1.44 bits per heavy atom. The number of rotatable bonds is 2. The van der Waals surface area contributed by atoms with Crippen molar-refractivity contribution in [1.29, 1.82) is 0 Å². The van der Waals surface area contributed by atoms with Gasteiger partial charge in [0, 0.05) is 6.07 Å². The van der Waals surface area contributed by atoms with Gasteiger partial charge in [-0.05, 0) is 13.0 Å². The van der Waals surface area contributed by atoms with Gasteiger partial charge in [-0.25, -0.2) is 9.97 Å². The second kappa shape index (κ2) is 4.32. The van der Waals surface area contributed by atoms with Gasteiger partial charge >= 0.3 is 0 Å². The van der Waals surface area contributed by atoms with Crippen molar-refractivity contribution in [2.75, 3.05) is 5.32 Å². The average Bonchev–Trinajstić information content (AvgIpc) is 2.65. The number of halogens is 1. The first kappa shape index (κ1) is 10.6. The van der Waals surface area contributed by atoms with Crippen LogP contribution in [0.4, 0.5) is 5.82 Å². The molecule has 6 heteroatoms. The van der Waals surface area contributed by atoms with Crippen LogP contribution >= 0.6 is 11.6 Å². The molecule has 2 aromatic heterocycles. The zero-order valence-corrected chi connectivity index (χ0v) is 9.15. The van der Waals surface area contributed by atoms with E-state index in [1.807, 2.05) is 0 Å². The Morgan fingerprint density at radius 3 is 2.88 bits per heavy atom. The van der Waals surface area contributed by atoms with Gasteiger partial charge in [-0.15, -0.1) is 0 Å². The summed E-state index contributed by atoms with van der Waals surface area (Å²) in [5.41, 5.74) is 0.437. The minimum atomic E-state index is -0.299. The summed E-state index contributed by atoms with van der Waals surface area (Å²) in [6, 6.07) is 3.10. The van der Waals surface area contributed by atoms with Gasteiger partial charge in [0.15, 0.2) is 0 Å². The lowest BCUT2D eigenvalue weighted by molar-refractivity contribution is 0.102. The lowest BCUT2D eigenvalue weighted by atomic mass is 10.3. The smallest absolute Gasteiger partial charge is 0.260 e. The molecule has 0 unspecified atom stereocenters. The predicted molar refractivity (Wildman–Crippen MR) is 58.4 cm³/mol. The van der Waals surface area contributed by atoms with Crippen molar-refractivity contribution >= 4 is 23.3 Å². The Hall–Kier alpha value is -1.88. The van der Waals surface area contributed by atoms with Crippen molar-refractivity contribution in [1.82, 2.24) is 9.97 Å². The number of aromatic nitrogens is 2. The van der Waals surface area contributed by atoms with Gasteiger partial charge in [-0.1, -0.05) is 11.6 Å². The molecule has 0 saturated heterocycles. The second-order valence-electron chi connectivity index (χ2n) is 3.13. The molecule has 1 amide bonds. The standard InChI is InChI=1S/C10H8ClN3O2/c1-6-2-7(4-16-6)10(15)14-9-3-8(11)12-5-13-9/h2-5H,1H3,(H,12,13,14,15). The minimum Gasteiger partial charge on any atom is -0.469 e. The Morgan fingerprint density at radius 2 is 2.25 bits per heavy atom. The maximum atomic E-state index is 11.7. The summed E-state index contributed by atoms with van der Waals surface area (Å²) < 4.78 is 5.03. The Kier molecular flexibility index (Phi) is 2.87. The summed E-state index contributed by atoms with van der Waals surface area (Å²) in [5.74, 6) is 0.723. The number of nitrogens with zero attached hydrogens (tertiary/aromatic N) is 2. The van der Waals surface area contributed by atoms with Crippen LogP contribution in [0, 0.1) is 6.92 Å². The maximum absolute atomic E-state index is 11.7. The Balaban J connectivity index is 2.13. The molecule has 2 heterocycles. The highest BCUT2D eigenvalue weighted by Gasteiger charge is 2.09. The SMILES string of the molecule is Cc1cc(C(=O)Nc2cc(Cl)ncn2)co1. The molecule has 0 spiro atoms. The van der Waals surface area contributed by atoms with Gasteiger partial charge in [-0.2, -0.15) is 0 Å². The van der Waals surface area contributed by atoms with Crippen LogP contribution < -0.4 is 5.32 Å². The summed E-state index contributed by atoms with van der Waals surface area (Å²) >= 11 is 5.66. The molecule has 5 nitrogen and oxygen atoms in total. The molecule has 0 fully saturated rings. The van der Waals surface area contributed by atoms with E-state index >= 15 is 0 Å². The van der Waals surface area contributed by atoms with Crippen molar-refractivity contribution in [2.24, 2.45) is 0 Å². The van der Waals surface area contributed by atoms with Crippen molar-refractivity contribution in [3.8, 4) is 0 Å². The van der Waals surface area contributed by atoms with Gasteiger partial charge in [0.1, 0.15) is 29.3 Å². The maximum Gasteiger partial charge on any atom is 0.260 e. The summed E-state index contributed by atoms with van der Waals surface area (Å²) in [5, 5.41) is 2.85. The predicted octanol–water partition coefficient (Wildman–Crippen LogP) is 2.28. The molecular formula is C10H8ClN3O2. The van der Waals surface area contributed by atoms with Gasteiger partial charge < -0.3 is 9.73 Å². The highest BCUT2D eigenvalue weighted by Crippen LogP contribution is 2.12. The topological polar surface area (TPSA) is 68.0 Å². The van der Waals surface area contributed by atoms with Crippen molar-refractivity contribution in [2.45, 2.75) is 6.92 Å². The molecule has 16 heavy (non-hydrogen) atoms. The third kappa shape index (κ3) is 2.38. The minimum absolute atomic E-state index is 0.272. The van der Waals surface area contributed by atoms with Gasteiger partial charge in [-0.3, -0.25) is 4.79 Å². The van der Waals surface area contributed by atoms with Gasteiger partial charge in [0.2, 0.25) is 0 Å². The van der Waals surface area contributed by atoms with Crippen molar-refractivity contribution in [3.63, 3.8) is 0 Å². The van der Waals surface area contributed by atoms with Gasteiger partial charge in [0.05, 0.1) is 5.56 Å². The van der Waals surface area contributed by atoms with Crippen LogP contribution in [0.2, 0.25) is 5.15 Å². The van der Waals surface area contributed by atoms with Crippen LogP contribution in [0.15, 0.2) is 29.1 Å². The average molecular weight is 238 g/mol. The number of anilines is 1. The first-order valence-corrected chi connectivity index (χ1v) is 4.87. The number of amides is 1. The Labute approximate surface area is 96.5 Å². The van der Waals surface area contributed by atoms with E-state index in [2.05, 4.69) is 15.3 Å².